The van der Waals surface area contributed by atoms with Crippen LogP contribution in [0.15, 0.2) is 0 Å². The number of hydrogen-bond donors (Lipinski definition) is 2. The molecule has 2 saturated heterocycles. The summed E-state index contributed by atoms with van der Waals surface area (Å²) in [6.45, 7) is 9.14. The molecule has 3 rings (SSSR count). The molecule has 1 aliphatic carbocycles. The van der Waals surface area contributed by atoms with Crippen LogP contribution in [0.1, 0.15) is 46.5 Å². The molecule has 3 fully saturated rings. The Labute approximate surface area is 144 Å². The first-order valence-corrected chi connectivity index (χ1v) is 9.25. The van der Waals surface area contributed by atoms with E-state index in [1.807, 2.05) is 30.6 Å². The molecule has 0 aromatic carbocycles. The van der Waals surface area contributed by atoms with Gasteiger partial charge in [-0.25, -0.2) is 0 Å². The maximum absolute atomic E-state index is 12.9. The molecule has 6 heteroatoms. The Morgan fingerprint density at radius 2 is 2.04 bits per heavy atom. The Hall–Kier alpha value is -1.14. The van der Waals surface area contributed by atoms with Crippen LogP contribution in [-0.2, 0) is 9.59 Å². The lowest BCUT2D eigenvalue weighted by atomic mass is 9.84. The third-order valence-electron chi connectivity index (χ3n) is 6.26. The Bertz CT molecular complexity index is 516. The predicted octanol–water partition coefficient (Wildman–Crippen LogP) is 0.596. The van der Waals surface area contributed by atoms with Gasteiger partial charge >= 0.3 is 0 Å². The van der Waals surface area contributed by atoms with Crippen molar-refractivity contribution in [3.63, 3.8) is 0 Å². The zero-order chi connectivity index (χ0) is 17.5. The average molecular weight is 337 g/mol. The van der Waals surface area contributed by atoms with Crippen molar-refractivity contribution in [2.75, 3.05) is 32.7 Å². The van der Waals surface area contributed by atoms with Gasteiger partial charge in [0, 0.05) is 38.1 Å². The molecule has 0 aromatic heterocycles. The summed E-state index contributed by atoms with van der Waals surface area (Å²) in [7, 11) is 0. The zero-order valence-electron chi connectivity index (χ0n) is 15.2. The number of aliphatic hydroxyl groups is 1. The van der Waals surface area contributed by atoms with Gasteiger partial charge in [-0.3, -0.25) is 9.59 Å². The number of carbonyl (C=O) groups excluding carboxylic acids is 2. The largest absolute Gasteiger partial charge is 0.391 e. The van der Waals surface area contributed by atoms with Gasteiger partial charge in [0.1, 0.15) is 0 Å². The standard InChI is InChI=1S/C18H31N3O3/c1-13-15(23)20(11-8-19-13)9-6-17(2,3)16(24)21-10-7-18(4-5-18)14(22)12-21/h13-14,19,22H,4-12H2,1-3H3. The minimum Gasteiger partial charge on any atom is -0.391 e. The maximum atomic E-state index is 12.9. The van der Waals surface area contributed by atoms with E-state index < -0.39 is 5.41 Å². The number of rotatable bonds is 4. The monoisotopic (exact) mass is 337 g/mol. The first-order chi connectivity index (χ1) is 11.3. The van der Waals surface area contributed by atoms with Crippen LogP contribution in [0.3, 0.4) is 0 Å². The van der Waals surface area contributed by atoms with E-state index in [-0.39, 0.29) is 29.4 Å². The van der Waals surface area contributed by atoms with Gasteiger partial charge in [0.15, 0.2) is 0 Å². The summed E-state index contributed by atoms with van der Waals surface area (Å²) >= 11 is 0. The van der Waals surface area contributed by atoms with Gasteiger partial charge in [-0.2, -0.15) is 0 Å². The van der Waals surface area contributed by atoms with E-state index >= 15 is 0 Å². The summed E-state index contributed by atoms with van der Waals surface area (Å²) in [6, 6.07) is -0.135. The van der Waals surface area contributed by atoms with Crippen LogP contribution >= 0.6 is 0 Å². The van der Waals surface area contributed by atoms with Crippen molar-refractivity contribution in [1.29, 1.82) is 0 Å². The molecule has 0 aromatic rings. The summed E-state index contributed by atoms with van der Waals surface area (Å²) in [5.41, 5.74) is -0.396. The van der Waals surface area contributed by atoms with Crippen molar-refractivity contribution in [2.24, 2.45) is 10.8 Å². The number of piperidine rings is 1. The fourth-order valence-electron chi connectivity index (χ4n) is 4.00. The number of aliphatic hydroxyl groups excluding tert-OH is 1. The van der Waals surface area contributed by atoms with Crippen LogP contribution in [0.5, 0.6) is 0 Å². The fourth-order valence-corrected chi connectivity index (χ4v) is 4.00. The van der Waals surface area contributed by atoms with Crippen molar-refractivity contribution in [1.82, 2.24) is 15.1 Å². The molecule has 1 saturated carbocycles. The summed E-state index contributed by atoms with van der Waals surface area (Å²) in [6.07, 6.45) is 3.40. The number of hydrogen-bond acceptors (Lipinski definition) is 4. The van der Waals surface area contributed by atoms with E-state index in [0.717, 1.165) is 32.4 Å². The second-order valence-electron chi connectivity index (χ2n) is 8.51. The zero-order valence-corrected chi connectivity index (χ0v) is 15.2. The first-order valence-electron chi connectivity index (χ1n) is 9.25. The first kappa shape index (κ1) is 17.7. The van der Waals surface area contributed by atoms with E-state index in [0.29, 0.717) is 26.1 Å². The van der Waals surface area contributed by atoms with Crippen LogP contribution in [0, 0.1) is 10.8 Å². The summed E-state index contributed by atoms with van der Waals surface area (Å²) in [5.74, 6) is 0.223. The topological polar surface area (TPSA) is 72.9 Å². The van der Waals surface area contributed by atoms with Gasteiger partial charge in [0.25, 0.3) is 0 Å². The molecule has 3 aliphatic rings. The number of nitrogens with zero attached hydrogens (tertiary/aromatic N) is 2. The molecule has 1 spiro atoms. The number of carbonyl (C=O) groups is 2. The summed E-state index contributed by atoms with van der Waals surface area (Å²) in [4.78, 5) is 28.8. The van der Waals surface area contributed by atoms with Gasteiger partial charge in [-0.15, -0.1) is 0 Å². The van der Waals surface area contributed by atoms with Crippen molar-refractivity contribution < 1.29 is 14.7 Å². The van der Waals surface area contributed by atoms with E-state index in [9.17, 15) is 14.7 Å². The molecule has 0 bridgehead atoms. The van der Waals surface area contributed by atoms with Crippen LogP contribution < -0.4 is 5.32 Å². The van der Waals surface area contributed by atoms with E-state index in [4.69, 9.17) is 0 Å². The fraction of sp³-hybridized carbons (Fsp3) is 0.889. The third-order valence-corrected chi connectivity index (χ3v) is 6.26. The Morgan fingerprint density at radius 3 is 2.67 bits per heavy atom. The molecule has 6 nitrogen and oxygen atoms in total. The van der Waals surface area contributed by atoms with Crippen LogP contribution in [-0.4, -0.2) is 71.6 Å². The predicted molar refractivity (Wildman–Crippen MR) is 91.3 cm³/mol. The molecular formula is C18H31N3O3. The van der Waals surface area contributed by atoms with Gasteiger partial charge in [0.2, 0.25) is 11.8 Å². The lowest BCUT2D eigenvalue weighted by Gasteiger charge is -2.41. The summed E-state index contributed by atoms with van der Waals surface area (Å²) in [5, 5.41) is 13.5. The normalized spacial score (nSPS) is 29.9. The van der Waals surface area contributed by atoms with E-state index in [1.54, 1.807) is 0 Å². The number of nitrogens with one attached hydrogen (secondary N) is 1. The van der Waals surface area contributed by atoms with Crippen LogP contribution in [0.2, 0.25) is 0 Å². The Morgan fingerprint density at radius 1 is 1.33 bits per heavy atom. The third kappa shape index (κ3) is 3.31. The molecule has 0 radical (unpaired) electrons. The molecule has 24 heavy (non-hydrogen) atoms. The highest BCUT2D eigenvalue weighted by Gasteiger charge is 2.52. The molecule has 136 valence electrons. The molecule has 2 aliphatic heterocycles. The van der Waals surface area contributed by atoms with E-state index in [1.165, 1.54) is 0 Å². The second kappa shape index (κ2) is 6.30. The number of amides is 2. The molecule has 2 N–H and O–H groups in total. The highest BCUT2D eigenvalue weighted by Crippen LogP contribution is 2.53. The Balaban J connectivity index is 1.54. The smallest absolute Gasteiger partial charge is 0.239 e. The quantitative estimate of drug-likeness (QED) is 0.788. The molecule has 2 atom stereocenters. The van der Waals surface area contributed by atoms with Gasteiger partial charge in [-0.05, 0) is 38.0 Å². The Kier molecular flexibility index (Phi) is 4.64. The lowest BCUT2D eigenvalue weighted by Crippen LogP contribution is -2.55. The van der Waals surface area contributed by atoms with Crippen molar-refractivity contribution in [3.8, 4) is 0 Å². The molecular weight excluding hydrogens is 306 g/mol. The molecule has 2 heterocycles. The van der Waals surface area contributed by atoms with Crippen LogP contribution in [0.4, 0.5) is 0 Å². The minimum atomic E-state index is -0.512. The minimum absolute atomic E-state index is 0.104. The van der Waals surface area contributed by atoms with Gasteiger partial charge in [-0.1, -0.05) is 13.8 Å². The highest BCUT2D eigenvalue weighted by molar-refractivity contribution is 5.83. The van der Waals surface area contributed by atoms with Gasteiger partial charge in [0.05, 0.1) is 12.1 Å². The van der Waals surface area contributed by atoms with E-state index in [2.05, 4.69) is 5.32 Å². The van der Waals surface area contributed by atoms with Crippen molar-refractivity contribution >= 4 is 11.8 Å². The van der Waals surface area contributed by atoms with Crippen molar-refractivity contribution in [2.45, 2.75) is 58.6 Å². The number of β-amino-alcohol motifs (C(OH)–C–C–N with tert-alkyl or cyclic N) is 1. The average Bonchev–Trinajstić information content (AvgIpc) is 3.32. The highest BCUT2D eigenvalue weighted by atomic mass is 16.3. The number of likely N-dealkylation sites (tertiary alicyclic amines) is 1. The second-order valence-corrected chi connectivity index (χ2v) is 8.51. The lowest BCUT2D eigenvalue weighted by molar-refractivity contribution is -0.147. The summed E-state index contributed by atoms with van der Waals surface area (Å²) < 4.78 is 0. The van der Waals surface area contributed by atoms with Crippen LogP contribution in [0.25, 0.3) is 0 Å². The molecule has 2 amide bonds. The maximum Gasteiger partial charge on any atom is 0.239 e. The SMILES string of the molecule is CC1NCCN(CCC(C)(C)C(=O)N2CCC3(CC3)C(O)C2)C1=O. The number of piperazine rings is 1. The van der Waals surface area contributed by atoms with Gasteiger partial charge < -0.3 is 20.2 Å². The molecule has 2 unspecified atom stereocenters. The van der Waals surface area contributed by atoms with Crippen molar-refractivity contribution in [3.05, 3.63) is 0 Å².